The molecular weight excluding hydrogens is 701 g/mol. The zero-order valence-corrected chi connectivity index (χ0v) is 31.6. The predicted molar refractivity (Wildman–Crippen MR) is 204 cm³/mol. The van der Waals surface area contributed by atoms with Crippen molar-refractivity contribution in [2.75, 3.05) is 20.2 Å². The Morgan fingerprint density at radius 1 is 1.00 bits per heavy atom. The minimum atomic E-state index is -0.674. The van der Waals surface area contributed by atoms with Gasteiger partial charge in [-0.2, -0.15) is 0 Å². The lowest BCUT2D eigenvalue weighted by atomic mass is 9.98. The van der Waals surface area contributed by atoms with Crippen LogP contribution in [-0.4, -0.2) is 74.5 Å². The second kappa shape index (κ2) is 15.0. The molecule has 1 aliphatic rings. The largest absolute Gasteiger partial charge is 0.496 e. The van der Waals surface area contributed by atoms with E-state index in [1.807, 2.05) is 87.0 Å². The number of carbonyl (C=O) groups is 3. The molecule has 3 aromatic heterocycles. The normalized spacial score (nSPS) is 13.7. The first-order chi connectivity index (χ1) is 24.8. The number of aryl methyl sites for hydroxylation is 1. The van der Waals surface area contributed by atoms with Gasteiger partial charge in [-0.15, -0.1) is 0 Å². The number of hydrogen-bond donors (Lipinski definition) is 0. The number of aldehydes is 1. The third-order valence-corrected chi connectivity index (χ3v) is 10.1. The molecule has 1 saturated heterocycles. The zero-order chi connectivity index (χ0) is 37.3. The average Bonchev–Trinajstić information content (AvgIpc) is 3.44. The Morgan fingerprint density at radius 3 is 2.38 bits per heavy atom. The van der Waals surface area contributed by atoms with Gasteiger partial charge in [0.1, 0.15) is 17.0 Å². The lowest BCUT2D eigenvalue weighted by Crippen LogP contribution is -2.49. The first-order valence-electron chi connectivity index (χ1n) is 17.1. The summed E-state index contributed by atoms with van der Waals surface area (Å²) >= 11 is 14.2. The number of rotatable bonds is 8. The molecule has 0 radical (unpaired) electrons. The van der Waals surface area contributed by atoms with Gasteiger partial charge in [0.25, 0.3) is 0 Å². The number of likely N-dealkylation sites (tertiary alicyclic amines) is 1. The van der Waals surface area contributed by atoms with E-state index in [1.54, 1.807) is 36.2 Å². The molecule has 270 valence electrons. The number of halogens is 2. The molecule has 0 N–H and O–H groups in total. The summed E-state index contributed by atoms with van der Waals surface area (Å²) < 4.78 is 13.5. The lowest BCUT2D eigenvalue weighted by molar-refractivity contribution is -0.130. The van der Waals surface area contributed by atoms with Crippen molar-refractivity contribution in [2.24, 2.45) is 7.05 Å². The molecule has 5 aromatic rings. The molecule has 1 aliphatic heterocycles. The highest BCUT2D eigenvalue weighted by Crippen LogP contribution is 2.42. The number of pyridine rings is 2. The van der Waals surface area contributed by atoms with Gasteiger partial charge in [-0.1, -0.05) is 53.5 Å². The van der Waals surface area contributed by atoms with E-state index in [0.29, 0.717) is 75.5 Å². The van der Waals surface area contributed by atoms with Crippen LogP contribution in [0, 0.1) is 0 Å². The molecule has 0 atom stereocenters. The van der Waals surface area contributed by atoms with Crippen LogP contribution in [0.2, 0.25) is 10.0 Å². The molecule has 2 amide bonds. The number of aromatic nitrogens is 3. The van der Waals surface area contributed by atoms with Crippen molar-refractivity contribution in [3.8, 4) is 39.4 Å². The van der Waals surface area contributed by atoms with Crippen LogP contribution in [0.3, 0.4) is 0 Å². The van der Waals surface area contributed by atoms with Crippen molar-refractivity contribution in [2.45, 2.75) is 58.7 Å². The highest BCUT2D eigenvalue weighted by molar-refractivity contribution is 6.39. The van der Waals surface area contributed by atoms with E-state index >= 15 is 0 Å². The maximum Gasteiger partial charge on any atom is 0.410 e. The minimum Gasteiger partial charge on any atom is -0.496 e. The van der Waals surface area contributed by atoms with E-state index in [2.05, 4.69) is 4.98 Å². The second-order valence-electron chi connectivity index (χ2n) is 13.9. The van der Waals surface area contributed by atoms with Crippen LogP contribution < -0.4 is 4.74 Å². The van der Waals surface area contributed by atoms with Crippen LogP contribution in [0.25, 0.3) is 44.7 Å². The molecule has 52 heavy (non-hydrogen) atoms. The number of fused-ring (bicyclic) bond motifs is 1. The summed E-state index contributed by atoms with van der Waals surface area (Å²) in [5, 5.41) is 1.65. The van der Waals surface area contributed by atoms with Crippen LogP contribution in [-0.2, 0) is 23.1 Å². The minimum absolute atomic E-state index is 0.0303. The molecule has 0 unspecified atom stereocenters. The van der Waals surface area contributed by atoms with Gasteiger partial charge in [-0.3, -0.25) is 14.6 Å². The zero-order valence-electron chi connectivity index (χ0n) is 30.1. The average molecular weight is 743 g/mol. The third kappa shape index (κ3) is 7.49. The number of benzene rings is 2. The van der Waals surface area contributed by atoms with E-state index in [9.17, 15) is 14.4 Å². The predicted octanol–water partition coefficient (Wildman–Crippen LogP) is 8.85. The summed E-state index contributed by atoms with van der Waals surface area (Å²) in [4.78, 5) is 50.1. The number of nitrogens with zero attached hydrogens (tertiary/aromatic N) is 5. The van der Waals surface area contributed by atoms with Crippen LogP contribution in [0.15, 0.2) is 67.0 Å². The van der Waals surface area contributed by atoms with Crippen LogP contribution >= 0.6 is 23.2 Å². The van der Waals surface area contributed by atoms with E-state index in [1.165, 1.54) is 0 Å². The molecule has 0 bridgehead atoms. The van der Waals surface area contributed by atoms with Gasteiger partial charge in [-0.25, -0.2) is 9.78 Å². The van der Waals surface area contributed by atoms with Crippen molar-refractivity contribution in [1.29, 1.82) is 0 Å². The Hall–Kier alpha value is -4.93. The topological polar surface area (TPSA) is 107 Å². The smallest absolute Gasteiger partial charge is 0.410 e. The number of amides is 2. The molecule has 0 aliphatic carbocycles. The van der Waals surface area contributed by atoms with Gasteiger partial charge in [0.15, 0.2) is 6.29 Å². The molecular formula is C40H41Cl2N5O5. The van der Waals surface area contributed by atoms with Crippen molar-refractivity contribution in [1.82, 2.24) is 24.3 Å². The first kappa shape index (κ1) is 36.8. The molecule has 2 aromatic carbocycles. The Kier molecular flexibility index (Phi) is 10.6. The highest BCUT2D eigenvalue weighted by Gasteiger charge is 2.32. The van der Waals surface area contributed by atoms with Crippen LogP contribution in [0.4, 0.5) is 4.79 Å². The Morgan fingerprint density at radius 2 is 1.71 bits per heavy atom. The standard InChI is InChI=1S/C40H41Cl2N5O5/c1-24(49)46-18-15-28(16-19-46)47(39(50)52-40(2,3)4)22-26-11-10-25(20-34(26)51-6)37-36(42)31(14-17-43-37)30-8-7-9-32(35(30)41)33-13-12-29-27(23-48)21-45(5)38(29)44-33/h7-14,17,20-21,23,28H,15-16,18-19,22H2,1-6H3. The van der Waals surface area contributed by atoms with Crippen LogP contribution in [0.1, 0.15) is 56.5 Å². The Labute approximate surface area is 313 Å². The molecule has 10 nitrogen and oxygen atoms in total. The SMILES string of the molecule is COc1cc(-c2nccc(-c3cccc(-c4ccc5c(C=O)cn(C)c5n4)c3Cl)c2Cl)ccc1CN(C(=O)OC(C)(C)C)C1CCN(C(C)=O)CC1. The summed E-state index contributed by atoms with van der Waals surface area (Å²) in [6.45, 7) is 8.50. The molecule has 0 spiro atoms. The van der Waals surface area contributed by atoms with Crippen molar-refractivity contribution >= 4 is 52.5 Å². The molecule has 6 rings (SSSR count). The maximum absolute atomic E-state index is 13.5. The number of ether oxygens (including phenoxy) is 2. The number of carbonyl (C=O) groups excluding carboxylic acids is 3. The monoisotopic (exact) mass is 741 g/mol. The summed E-state index contributed by atoms with van der Waals surface area (Å²) in [6.07, 6.45) is 5.14. The first-order valence-corrected chi connectivity index (χ1v) is 17.8. The van der Waals surface area contributed by atoms with Gasteiger partial charge in [-0.05, 0) is 57.9 Å². The van der Waals surface area contributed by atoms with Gasteiger partial charge in [0.05, 0.1) is 35.1 Å². The third-order valence-electron chi connectivity index (χ3n) is 9.31. The second-order valence-corrected chi connectivity index (χ2v) is 14.7. The quantitative estimate of drug-likeness (QED) is 0.146. The summed E-state index contributed by atoms with van der Waals surface area (Å²) in [5.74, 6) is 0.596. The van der Waals surface area contributed by atoms with E-state index in [0.717, 1.165) is 28.4 Å². The number of methoxy groups -OCH3 is 1. The summed E-state index contributed by atoms with van der Waals surface area (Å²) in [7, 11) is 3.44. The fourth-order valence-corrected chi connectivity index (χ4v) is 7.33. The van der Waals surface area contributed by atoms with E-state index in [-0.39, 0.29) is 18.5 Å². The molecule has 0 saturated carbocycles. The fraction of sp³-hybridized carbons (Fsp3) is 0.325. The van der Waals surface area contributed by atoms with Crippen molar-refractivity contribution < 1.29 is 23.9 Å². The molecule has 1 fully saturated rings. The summed E-state index contributed by atoms with van der Waals surface area (Å²) in [6, 6.07) is 16.8. The van der Waals surface area contributed by atoms with Crippen molar-refractivity contribution in [3.05, 3.63) is 88.2 Å². The van der Waals surface area contributed by atoms with Gasteiger partial charge >= 0.3 is 6.09 Å². The Balaban J connectivity index is 1.31. The van der Waals surface area contributed by atoms with Gasteiger partial charge < -0.3 is 23.8 Å². The van der Waals surface area contributed by atoms with Crippen molar-refractivity contribution in [3.63, 3.8) is 0 Å². The number of hydrogen-bond acceptors (Lipinski definition) is 7. The fourth-order valence-electron chi connectivity index (χ4n) is 6.68. The van der Waals surface area contributed by atoms with E-state index in [4.69, 9.17) is 37.7 Å². The molecule has 12 heteroatoms. The van der Waals surface area contributed by atoms with Crippen LogP contribution in [0.5, 0.6) is 5.75 Å². The number of piperidine rings is 1. The van der Waals surface area contributed by atoms with Gasteiger partial charge in [0, 0.05) is 84.3 Å². The van der Waals surface area contributed by atoms with Gasteiger partial charge in [0.2, 0.25) is 5.91 Å². The summed E-state index contributed by atoms with van der Waals surface area (Å²) in [5.41, 5.74) is 5.41. The maximum atomic E-state index is 13.5. The van der Waals surface area contributed by atoms with E-state index < -0.39 is 11.7 Å². The Bertz CT molecular complexity index is 2170. The highest BCUT2D eigenvalue weighted by atomic mass is 35.5. The lowest BCUT2D eigenvalue weighted by Gasteiger charge is -2.39. The molecule has 4 heterocycles.